The largest absolute Gasteiger partial charge is 0.439 e. The van der Waals surface area contributed by atoms with Crippen LogP contribution in [0, 0.1) is 12.7 Å². The van der Waals surface area contributed by atoms with E-state index in [0.29, 0.717) is 38.6 Å². The lowest BCUT2D eigenvalue weighted by atomic mass is 10.2. The summed E-state index contributed by atoms with van der Waals surface area (Å²) >= 11 is 5.73. The molecule has 1 saturated heterocycles. The SMILES string of the molecule is Cc1ccc2oc(CN3CCN(S(=O)(=O)c4ccc(F)c(Cl)c4)CC3)nc2c1. The van der Waals surface area contributed by atoms with Crippen molar-refractivity contribution in [2.24, 2.45) is 0 Å². The molecule has 0 bridgehead atoms. The maximum absolute atomic E-state index is 13.3. The number of nitrogens with zero attached hydrogens (tertiary/aromatic N) is 3. The molecular weight excluding hydrogens is 405 g/mol. The summed E-state index contributed by atoms with van der Waals surface area (Å²) in [6.45, 7) is 4.27. The van der Waals surface area contributed by atoms with Crippen molar-refractivity contribution in [1.82, 2.24) is 14.2 Å². The molecule has 3 aromatic rings. The fourth-order valence-corrected chi connectivity index (χ4v) is 4.95. The van der Waals surface area contributed by atoms with Gasteiger partial charge in [-0.3, -0.25) is 4.90 Å². The molecule has 0 radical (unpaired) electrons. The van der Waals surface area contributed by atoms with E-state index in [9.17, 15) is 12.8 Å². The Hall–Kier alpha value is -2.00. The molecule has 4 rings (SSSR count). The highest BCUT2D eigenvalue weighted by Crippen LogP contribution is 2.24. The zero-order valence-corrected chi connectivity index (χ0v) is 16.8. The van der Waals surface area contributed by atoms with E-state index in [-0.39, 0.29) is 9.92 Å². The van der Waals surface area contributed by atoms with Crippen LogP contribution in [0.15, 0.2) is 45.7 Å². The number of aryl methyl sites for hydroxylation is 1. The van der Waals surface area contributed by atoms with Gasteiger partial charge >= 0.3 is 0 Å². The second-order valence-electron chi connectivity index (χ2n) is 6.83. The van der Waals surface area contributed by atoms with Gasteiger partial charge in [-0.15, -0.1) is 0 Å². The molecule has 2 aromatic carbocycles. The van der Waals surface area contributed by atoms with Gasteiger partial charge in [-0.05, 0) is 42.8 Å². The fraction of sp³-hybridized carbons (Fsp3) is 0.316. The molecule has 1 fully saturated rings. The summed E-state index contributed by atoms with van der Waals surface area (Å²) in [6, 6.07) is 9.31. The molecule has 0 unspecified atom stereocenters. The second-order valence-corrected chi connectivity index (χ2v) is 9.18. The van der Waals surface area contributed by atoms with Gasteiger partial charge in [-0.2, -0.15) is 4.31 Å². The summed E-state index contributed by atoms with van der Waals surface area (Å²) in [5.74, 6) is -0.0267. The first-order chi connectivity index (χ1) is 13.3. The van der Waals surface area contributed by atoms with E-state index in [2.05, 4.69) is 9.88 Å². The Morgan fingerprint density at radius 1 is 1.14 bits per heavy atom. The van der Waals surface area contributed by atoms with Gasteiger partial charge in [0.05, 0.1) is 16.5 Å². The standard InChI is InChI=1S/C19H19ClFN3O3S/c1-13-2-5-18-17(10-13)22-19(27-18)12-23-6-8-24(9-7-23)28(25,26)14-3-4-16(21)15(20)11-14/h2-5,10-11H,6-9,12H2,1H3. The maximum atomic E-state index is 13.3. The average Bonchev–Trinajstić information content (AvgIpc) is 3.05. The van der Waals surface area contributed by atoms with Crippen molar-refractivity contribution in [3.8, 4) is 0 Å². The molecular formula is C19H19ClFN3O3S. The average molecular weight is 424 g/mol. The molecule has 148 valence electrons. The molecule has 1 aliphatic heterocycles. The van der Waals surface area contributed by atoms with Crippen LogP contribution in [0.1, 0.15) is 11.5 Å². The van der Waals surface area contributed by atoms with Gasteiger partial charge in [-0.1, -0.05) is 17.7 Å². The predicted molar refractivity (Wildman–Crippen MR) is 104 cm³/mol. The van der Waals surface area contributed by atoms with Crippen LogP contribution in [0.3, 0.4) is 0 Å². The highest BCUT2D eigenvalue weighted by molar-refractivity contribution is 7.89. The van der Waals surface area contributed by atoms with Crippen LogP contribution < -0.4 is 0 Å². The van der Waals surface area contributed by atoms with Gasteiger partial charge in [0.15, 0.2) is 5.58 Å². The molecule has 6 nitrogen and oxygen atoms in total. The van der Waals surface area contributed by atoms with E-state index in [1.807, 2.05) is 25.1 Å². The minimum Gasteiger partial charge on any atom is -0.439 e. The second kappa shape index (κ2) is 7.44. The number of piperazine rings is 1. The van der Waals surface area contributed by atoms with Crippen molar-refractivity contribution >= 4 is 32.7 Å². The molecule has 9 heteroatoms. The van der Waals surface area contributed by atoms with Crippen LogP contribution in [-0.2, 0) is 16.6 Å². The van der Waals surface area contributed by atoms with Crippen molar-refractivity contribution in [2.75, 3.05) is 26.2 Å². The number of rotatable bonds is 4. The summed E-state index contributed by atoms with van der Waals surface area (Å²) in [5.41, 5.74) is 2.69. The van der Waals surface area contributed by atoms with E-state index in [1.54, 1.807) is 0 Å². The summed E-state index contributed by atoms with van der Waals surface area (Å²) in [7, 11) is -3.71. The van der Waals surface area contributed by atoms with Crippen LogP contribution >= 0.6 is 11.6 Å². The Morgan fingerprint density at radius 3 is 2.61 bits per heavy atom. The molecule has 0 spiro atoms. The fourth-order valence-electron chi connectivity index (χ4n) is 3.26. The molecule has 0 atom stereocenters. The third-order valence-electron chi connectivity index (χ3n) is 4.81. The van der Waals surface area contributed by atoms with Crippen LogP contribution in [0.5, 0.6) is 0 Å². The Kier molecular flexibility index (Phi) is 5.13. The van der Waals surface area contributed by atoms with Crippen LogP contribution in [0.4, 0.5) is 4.39 Å². The minimum atomic E-state index is -3.71. The van der Waals surface area contributed by atoms with E-state index < -0.39 is 15.8 Å². The number of hydrogen-bond acceptors (Lipinski definition) is 5. The van der Waals surface area contributed by atoms with E-state index >= 15 is 0 Å². The lowest BCUT2D eigenvalue weighted by Crippen LogP contribution is -2.48. The zero-order valence-electron chi connectivity index (χ0n) is 15.2. The van der Waals surface area contributed by atoms with Crippen LogP contribution in [-0.4, -0.2) is 48.8 Å². The van der Waals surface area contributed by atoms with Crippen molar-refractivity contribution in [2.45, 2.75) is 18.4 Å². The number of hydrogen-bond donors (Lipinski definition) is 0. The Bertz CT molecular complexity index is 1120. The zero-order chi connectivity index (χ0) is 19.9. The summed E-state index contributed by atoms with van der Waals surface area (Å²) in [6.07, 6.45) is 0. The van der Waals surface area contributed by atoms with Gasteiger partial charge in [0, 0.05) is 26.2 Å². The molecule has 1 aromatic heterocycles. The Labute approximate surface area is 167 Å². The van der Waals surface area contributed by atoms with E-state index in [1.165, 1.54) is 10.4 Å². The molecule has 28 heavy (non-hydrogen) atoms. The number of sulfonamides is 1. The predicted octanol–water partition coefficient (Wildman–Crippen LogP) is 3.44. The number of benzene rings is 2. The normalized spacial score (nSPS) is 16.7. The van der Waals surface area contributed by atoms with Crippen molar-refractivity contribution in [3.63, 3.8) is 0 Å². The number of oxazole rings is 1. The van der Waals surface area contributed by atoms with Gasteiger partial charge in [-0.25, -0.2) is 17.8 Å². The highest BCUT2D eigenvalue weighted by Gasteiger charge is 2.29. The summed E-state index contributed by atoms with van der Waals surface area (Å²) < 4.78 is 46.0. The monoisotopic (exact) mass is 423 g/mol. The molecule has 0 aliphatic carbocycles. The first-order valence-electron chi connectivity index (χ1n) is 8.86. The molecule has 1 aliphatic rings. The molecule has 0 saturated carbocycles. The van der Waals surface area contributed by atoms with Crippen molar-refractivity contribution < 1.29 is 17.2 Å². The topological polar surface area (TPSA) is 66.7 Å². The first kappa shape index (κ1) is 19.3. The molecule has 2 heterocycles. The Balaban J connectivity index is 1.42. The minimum absolute atomic E-state index is 0.00155. The lowest BCUT2D eigenvalue weighted by molar-refractivity contribution is 0.169. The van der Waals surface area contributed by atoms with Gasteiger partial charge < -0.3 is 4.42 Å². The number of aromatic nitrogens is 1. The number of halogens is 2. The van der Waals surface area contributed by atoms with Crippen LogP contribution in [0.2, 0.25) is 5.02 Å². The van der Waals surface area contributed by atoms with Crippen LogP contribution in [0.25, 0.3) is 11.1 Å². The van der Waals surface area contributed by atoms with Crippen molar-refractivity contribution in [1.29, 1.82) is 0 Å². The van der Waals surface area contributed by atoms with Gasteiger partial charge in [0.25, 0.3) is 0 Å². The highest BCUT2D eigenvalue weighted by atomic mass is 35.5. The molecule has 0 N–H and O–H groups in total. The van der Waals surface area contributed by atoms with E-state index in [4.69, 9.17) is 16.0 Å². The first-order valence-corrected chi connectivity index (χ1v) is 10.7. The summed E-state index contributed by atoms with van der Waals surface area (Å²) in [5, 5.41) is -0.203. The smallest absolute Gasteiger partial charge is 0.243 e. The quantitative estimate of drug-likeness (QED) is 0.643. The molecule has 0 amide bonds. The van der Waals surface area contributed by atoms with Gasteiger partial charge in [0.1, 0.15) is 11.3 Å². The maximum Gasteiger partial charge on any atom is 0.243 e. The Morgan fingerprint density at radius 2 is 1.89 bits per heavy atom. The van der Waals surface area contributed by atoms with Crippen molar-refractivity contribution in [3.05, 3.63) is 58.7 Å². The third kappa shape index (κ3) is 3.77. The lowest BCUT2D eigenvalue weighted by Gasteiger charge is -2.33. The summed E-state index contributed by atoms with van der Waals surface area (Å²) in [4.78, 5) is 6.61. The van der Waals surface area contributed by atoms with Gasteiger partial charge in [0.2, 0.25) is 15.9 Å². The number of fused-ring (bicyclic) bond motifs is 1. The third-order valence-corrected chi connectivity index (χ3v) is 6.99. The van der Waals surface area contributed by atoms with E-state index in [0.717, 1.165) is 28.8 Å².